The molecule has 38 heavy (non-hydrogen) atoms. The van der Waals surface area contributed by atoms with Gasteiger partial charge in [-0.15, -0.1) is 0 Å². The van der Waals surface area contributed by atoms with Crippen molar-refractivity contribution in [3.8, 4) is 0 Å². The van der Waals surface area contributed by atoms with E-state index in [2.05, 4.69) is 24.3 Å². The van der Waals surface area contributed by atoms with Gasteiger partial charge in [0.1, 0.15) is 11.7 Å². The smallest absolute Gasteiger partial charge is 0.302 e. The highest BCUT2D eigenvalue weighted by atomic mass is 16.7. The third-order valence-corrected chi connectivity index (χ3v) is 10.1. The number of fused-ring (bicyclic) bond motifs is 9. The number of rotatable bonds is 8. The summed E-state index contributed by atoms with van der Waals surface area (Å²) in [5, 5.41) is 0. The fourth-order valence-electron chi connectivity index (χ4n) is 8.77. The summed E-state index contributed by atoms with van der Waals surface area (Å²) in [6, 6.07) is 20.5. The van der Waals surface area contributed by atoms with Gasteiger partial charge in [0.2, 0.25) is 0 Å². The molecule has 0 radical (unpaired) electrons. The standard InChI is InChI=1S/C31H34O7/c1-18(32)35-17-30-14-25-31(38-25)27(22-13-24(29(31)37-22)34-16-20-10-6-3-7-11-20)26(30)21-12-23(28(30)36-21)33-15-19-8-4-2-5-9-19/h2-11,21-29H,12-17H2,1H3/t21-,22-,23-,24-,25+,26?,27?,28+,29+,30+,31+/m1/s1. The Kier molecular flexibility index (Phi) is 5.34. The summed E-state index contributed by atoms with van der Waals surface area (Å²) in [6.07, 6.45) is 2.53. The van der Waals surface area contributed by atoms with Crippen LogP contribution in [0.4, 0.5) is 0 Å². The first kappa shape index (κ1) is 23.6. The first-order valence-corrected chi connectivity index (χ1v) is 14.0. The van der Waals surface area contributed by atoms with E-state index in [1.807, 2.05) is 36.4 Å². The molecule has 1 saturated carbocycles. The number of ether oxygens (including phenoxy) is 6. The fourth-order valence-corrected chi connectivity index (χ4v) is 8.77. The van der Waals surface area contributed by atoms with Gasteiger partial charge in [0.25, 0.3) is 0 Å². The molecule has 1 aliphatic carbocycles. The van der Waals surface area contributed by atoms with E-state index in [0.717, 1.165) is 24.8 Å². The molecule has 2 unspecified atom stereocenters. The molecular weight excluding hydrogens is 484 g/mol. The zero-order chi connectivity index (χ0) is 25.5. The van der Waals surface area contributed by atoms with Crippen molar-refractivity contribution >= 4 is 5.97 Å². The highest BCUT2D eigenvalue weighted by Gasteiger charge is 2.86. The third kappa shape index (κ3) is 3.35. The first-order valence-electron chi connectivity index (χ1n) is 14.0. The predicted molar refractivity (Wildman–Crippen MR) is 135 cm³/mol. The molecule has 7 heteroatoms. The largest absolute Gasteiger partial charge is 0.465 e. The van der Waals surface area contributed by atoms with Crippen LogP contribution in [0.25, 0.3) is 0 Å². The molecule has 8 rings (SSSR count). The summed E-state index contributed by atoms with van der Waals surface area (Å²) < 4.78 is 38.6. The average molecular weight is 519 g/mol. The lowest BCUT2D eigenvalue weighted by molar-refractivity contribution is -0.155. The van der Waals surface area contributed by atoms with Crippen LogP contribution < -0.4 is 0 Å². The van der Waals surface area contributed by atoms with Gasteiger partial charge in [0.05, 0.1) is 56.4 Å². The Morgan fingerprint density at radius 3 is 2.05 bits per heavy atom. The second-order valence-electron chi connectivity index (χ2n) is 12.1. The minimum absolute atomic E-state index is 0.0280. The number of benzene rings is 2. The van der Waals surface area contributed by atoms with Crippen LogP contribution in [0.5, 0.6) is 0 Å². The Bertz CT molecular complexity index is 1210. The van der Waals surface area contributed by atoms with E-state index in [-0.39, 0.29) is 71.5 Å². The maximum atomic E-state index is 12.0. The number of carbonyl (C=O) groups is 1. The Morgan fingerprint density at radius 2 is 1.42 bits per heavy atom. The summed E-state index contributed by atoms with van der Waals surface area (Å²) in [5.41, 5.74) is 1.70. The van der Waals surface area contributed by atoms with Gasteiger partial charge in [-0.3, -0.25) is 4.79 Å². The normalized spacial score (nSPS) is 44.9. The van der Waals surface area contributed by atoms with Gasteiger partial charge in [-0.2, -0.15) is 0 Å². The molecule has 200 valence electrons. The molecular formula is C31H34O7. The Balaban J connectivity index is 1.04. The van der Waals surface area contributed by atoms with E-state index in [1.165, 1.54) is 12.5 Å². The summed E-state index contributed by atoms with van der Waals surface area (Å²) in [5.74, 6) is 0.186. The van der Waals surface area contributed by atoms with Gasteiger partial charge in [-0.1, -0.05) is 60.7 Å². The molecule has 2 aromatic rings. The lowest BCUT2D eigenvalue weighted by Crippen LogP contribution is -2.62. The van der Waals surface area contributed by atoms with Crippen LogP contribution in [0.15, 0.2) is 60.7 Å². The van der Waals surface area contributed by atoms with Gasteiger partial charge < -0.3 is 28.4 Å². The van der Waals surface area contributed by atoms with Crippen LogP contribution in [-0.4, -0.2) is 60.9 Å². The van der Waals surface area contributed by atoms with Crippen LogP contribution >= 0.6 is 0 Å². The van der Waals surface area contributed by atoms with Crippen molar-refractivity contribution in [1.29, 1.82) is 0 Å². The Morgan fingerprint density at radius 1 is 0.842 bits per heavy atom. The maximum Gasteiger partial charge on any atom is 0.302 e. The molecule has 4 bridgehead atoms. The van der Waals surface area contributed by atoms with Crippen LogP contribution in [0.3, 0.4) is 0 Å². The van der Waals surface area contributed by atoms with E-state index >= 15 is 0 Å². The molecule has 1 spiro atoms. The zero-order valence-corrected chi connectivity index (χ0v) is 21.6. The maximum absolute atomic E-state index is 12.0. The molecule has 6 fully saturated rings. The van der Waals surface area contributed by atoms with Crippen molar-refractivity contribution in [2.24, 2.45) is 17.3 Å². The van der Waals surface area contributed by atoms with E-state index in [1.54, 1.807) is 0 Å². The van der Waals surface area contributed by atoms with E-state index < -0.39 is 0 Å². The molecule has 11 atom stereocenters. The summed E-state index contributed by atoms with van der Waals surface area (Å²) in [4.78, 5) is 12.0. The van der Waals surface area contributed by atoms with Crippen molar-refractivity contribution in [3.05, 3.63) is 71.8 Å². The zero-order valence-electron chi connectivity index (χ0n) is 21.6. The number of carbonyl (C=O) groups excluding carboxylic acids is 1. The molecule has 5 aliphatic heterocycles. The molecule has 0 N–H and O–H groups in total. The van der Waals surface area contributed by atoms with E-state index in [0.29, 0.717) is 19.8 Å². The van der Waals surface area contributed by atoms with E-state index in [9.17, 15) is 4.79 Å². The predicted octanol–water partition coefficient (Wildman–Crippen LogP) is 3.82. The minimum atomic E-state index is -0.320. The van der Waals surface area contributed by atoms with Crippen molar-refractivity contribution < 1.29 is 33.2 Å². The van der Waals surface area contributed by atoms with Crippen LogP contribution in [-0.2, 0) is 46.4 Å². The molecule has 0 amide bonds. The molecule has 0 aromatic heterocycles. The first-order chi connectivity index (χ1) is 18.6. The van der Waals surface area contributed by atoms with Gasteiger partial charge in [-0.25, -0.2) is 0 Å². The van der Waals surface area contributed by atoms with Gasteiger partial charge in [0.15, 0.2) is 0 Å². The Hall–Kier alpha value is -2.29. The highest BCUT2D eigenvalue weighted by Crippen LogP contribution is 2.74. The van der Waals surface area contributed by atoms with Crippen molar-refractivity contribution in [1.82, 2.24) is 0 Å². The quantitative estimate of drug-likeness (QED) is 0.389. The summed E-state index contributed by atoms with van der Waals surface area (Å²) in [7, 11) is 0. The van der Waals surface area contributed by atoms with Crippen molar-refractivity contribution in [2.45, 2.75) is 87.7 Å². The number of esters is 1. The highest BCUT2D eigenvalue weighted by molar-refractivity contribution is 5.66. The Labute approximate surface area is 222 Å². The van der Waals surface area contributed by atoms with Crippen LogP contribution in [0.1, 0.15) is 37.3 Å². The second-order valence-corrected chi connectivity index (χ2v) is 12.1. The van der Waals surface area contributed by atoms with Gasteiger partial charge in [0, 0.05) is 37.0 Å². The number of hydrogen-bond donors (Lipinski definition) is 0. The second kappa shape index (κ2) is 8.60. The molecule has 6 aliphatic rings. The lowest BCUT2D eigenvalue weighted by atomic mass is 9.50. The molecule has 2 aromatic carbocycles. The molecule has 5 saturated heterocycles. The van der Waals surface area contributed by atoms with Crippen molar-refractivity contribution in [3.63, 3.8) is 0 Å². The van der Waals surface area contributed by atoms with E-state index in [4.69, 9.17) is 28.4 Å². The molecule has 7 nitrogen and oxygen atoms in total. The average Bonchev–Trinajstić information content (AvgIpc) is 3.30. The fraction of sp³-hybridized carbons (Fsp3) is 0.581. The van der Waals surface area contributed by atoms with Crippen LogP contribution in [0.2, 0.25) is 0 Å². The summed E-state index contributed by atoms with van der Waals surface area (Å²) in [6.45, 7) is 2.96. The number of epoxide rings is 1. The SMILES string of the molecule is CC(=O)OC[C@@]12C[C@@H]3O[C@]34C(C1[C@H]1C[C@@H](OCc3ccccc3)[C@@H]2O1)[C@H]1C[C@@H](OCc2ccccc2)[C@@H]4O1. The molecule has 5 heterocycles. The lowest BCUT2D eigenvalue weighted by Gasteiger charge is -2.51. The van der Waals surface area contributed by atoms with Crippen LogP contribution in [0, 0.1) is 17.3 Å². The monoisotopic (exact) mass is 518 g/mol. The van der Waals surface area contributed by atoms with Gasteiger partial charge >= 0.3 is 5.97 Å². The topological polar surface area (TPSA) is 75.8 Å². The number of hydrogen-bond acceptors (Lipinski definition) is 7. The summed E-state index contributed by atoms with van der Waals surface area (Å²) >= 11 is 0. The minimum Gasteiger partial charge on any atom is -0.465 e. The third-order valence-electron chi connectivity index (χ3n) is 10.1. The van der Waals surface area contributed by atoms with Crippen molar-refractivity contribution in [2.75, 3.05) is 6.61 Å². The van der Waals surface area contributed by atoms with Gasteiger partial charge in [-0.05, 0) is 17.5 Å².